The Balaban J connectivity index is 1.31. The molecule has 2 aliphatic carbocycles. The first-order valence-electron chi connectivity index (χ1n) is 13.1. The normalized spacial score (nSPS) is 26.2. The zero-order chi connectivity index (χ0) is 24.7. The maximum Gasteiger partial charge on any atom is 0.247 e. The van der Waals surface area contributed by atoms with Crippen LogP contribution in [-0.2, 0) is 5.75 Å². The Morgan fingerprint density at radius 1 is 1.06 bits per heavy atom. The molecule has 0 saturated heterocycles. The van der Waals surface area contributed by atoms with E-state index in [-0.39, 0.29) is 6.23 Å². The minimum Gasteiger partial charge on any atom is -0.452 e. The van der Waals surface area contributed by atoms with Crippen LogP contribution in [0.5, 0.6) is 5.88 Å². The third-order valence-corrected chi connectivity index (χ3v) is 9.24. The molecular formula is C30H34N4OS. The minimum atomic E-state index is -0.162. The maximum atomic E-state index is 6.73. The highest BCUT2D eigenvalue weighted by Crippen LogP contribution is 2.52. The van der Waals surface area contributed by atoms with Gasteiger partial charge in [0.25, 0.3) is 0 Å². The Morgan fingerprint density at radius 3 is 2.72 bits per heavy atom. The molecule has 1 N–H and O–H groups in total. The first kappa shape index (κ1) is 23.5. The minimum absolute atomic E-state index is 0.162. The van der Waals surface area contributed by atoms with Crippen molar-refractivity contribution in [2.45, 2.75) is 63.6 Å². The van der Waals surface area contributed by atoms with Crippen LogP contribution in [0.15, 0.2) is 71.4 Å². The Hall–Kier alpha value is -2.86. The van der Waals surface area contributed by atoms with Gasteiger partial charge in [0.1, 0.15) is 0 Å². The molecule has 0 unspecified atom stereocenters. The summed E-state index contributed by atoms with van der Waals surface area (Å²) in [5.41, 5.74) is 5.98. The lowest BCUT2D eigenvalue weighted by Gasteiger charge is -2.48. The molecule has 2 aromatic carbocycles. The fourth-order valence-electron chi connectivity index (χ4n) is 6.24. The lowest BCUT2D eigenvalue weighted by atomic mass is 9.59. The number of aromatic nitrogens is 3. The van der Waals surface area contributed by atoms with Gasteiger partial charge in [0.2, 0.25) is 11.0 Å². The zero-order valence-electron chi connectivity index (χ0n) is 21.3. The molecule has 4 atom stereocenters. The summed E-state index contributed by atoms with van der Waals surface area (Å²) in [4.78, 5) is 4.88. The summed E-state index contributed by atoms with van der Waals surface area (Å²) in [6, 6.07) is 18.7. The van der Waals surface area contributed by atoms with Crippen molar-refractivity contribution in [3.63, 3.8) is 0 Å². The van der Waals surface area contributed by atoms with Gasteiger partial charge in [-0.05, 0) is 54.6 Å². The summed E-state index contributed by atoms with van der Waals surface area (Å²) in [7, 11) is 0. The van der Waals surface area contributed by atoms with E-state index >= 15 is 0 Å². The molecule has 3 aliphatic rings. The summed E-state index contributed by atoms with van der Waals surface area (Å²) < 4.78 is 6.73. The van der Waals surface area contributed by atoms with E-state index in [0.717, 1.165) is 29.8 Å². The van der Waals surface area contributed by atoms with Crippen molar-refractivity contribution in [1.29, 1.82) is 0 Å². The van der Waals surface area contributed by atoms with Crippen LogP contribution in [0.3, 0.4) is 0 Å². The molecule has 6 rings (SSSR count). The van der Waals surface area contributed by atoms with Crippen LogP contribution >= 0.6 is 11.8 Å². The van der Waals surface area contributed by atoms with Gasteiger partial charge in [-0.2, -0.15) is 4.98 Å². The summed E-state index contributed by atoms with van der Waals surface area (Å²) in [5, 5.41) is 13.5. The van der Waals surface area contributed by atoms with E-state index in [1.807, 2.05) is 12.1 Å². The van der Waals surface area contributed by atoms with Gasteiger partial charge in [0.05, 0.1) is 0 Å². The number of hydrogen-bond donors (Lipinski definition) is 1. The Labute approximate surface area is 218 Å². The number of rotatable bonds is 4. The second-order valence-electron chi connectivity index (χ2n) is 11.2. The fourth-order valence-corrected chi connectivity index (χ4v) is 6.97. The Morgan fingerprint density at radius 2 is 1.86 bits per heavy atom. The largest absolute Gasteiger partial charge is 0.452 e. The van der Waals surface area contributed by atoms with Crippen molar-refractivity contribution >= 4 is 17.4 Å². The number of para-hydroxylation sites is 1. The molecule has 1 fully saturated rings. The molecule has 6 heteroatoms. The van der Waals surface area contributed by atoms with Crippen LogP contribution in [0.4, 0.5) is 5.69 Å². The van der Waals surface area contributed by atoms with Crippen molar-refractivity contribution in [2.75, 3.05) is 5.32 Å². The first-order chi connectivity index (χ1) is 17.5. The summed E-state index contributed by atoms with van der Waals surface area (Å²) in [6.07, 6.45) is 7.10. The quantitative estimate of drug-likeness (QED) is 0.299. The number of nitrogens with one attached hydrogen (secondary N) is 1. The fraction of sp³-hybridized carbons (Fsp3) is 0.433. The van der Waals surface area contributed by atoms with E-state index in [4.69, 9.17) is 9.72 Å². The third-order valence-electron chi connectivity index (χ3n) is 8.34. The molecule has 0 radical (unpaired) electrons. The molecule has 5 nitrogen and oxygen atoms in total. The number of hydrogen-bond acceptors (Lipinski definition) is 6. The van der Waals surface area contributed by atoms with Gasteiger partial charge in [-0.15, -0.1) is 10.2 Å². The Bertz CT molecular complexity index is 1270. The van der Waals surface area contributed by atoms with Crippen molar-refractivity contribution in [3.8, 4) is 17.1 Å². The van der Waals surface area contributed by atoms with Crippen LogP contribution in [0, 0.1) is 23.2 Å². The SMILES string of the molecule is C[C@H]1CC2=CCCC(C)(C)[C@@H]2C[C@@H]1[C@@H]1Nc2ccccc2-c2nnc(SCc3ccccc3)nc2O1. The topological polar surface area (TPSA) is 59.9 Å². The van der Waals surface area contributed by atoms with Gasteiger partial charge in [0.15, 0.2) is 11.9 Å². The molecule has 0 spiro atoms. The lowest BCUT2D eigenvalue weighted by molar-refractivity contribution is 0.0519. The number of fused-ring (bicyclic) bond motifs is 4. The smallest absolute Gasteiger partial charge is 0.247 e. The standard InChI is InChI=1S/C30H34N4OS/c1-19-16-21-12-9-15-30(2,3)24(21)17-23(19)27-31-25-14-8-7-13-22(25)26-28(35-27)32-29(34-33-26)36-18-20-10-5-4-6-11-20/h4-8,10-14,19,23-24,27,31H,9,15-18H2,1-3H3/t19-,23-,24+,27+/m0/s1. The summed E-state index contributed by atoms with van der Waals surface area (Å²) >= 11 is 1.59. The van der Waals surface area contributed by atoms with Crippen LogP contribution in [-0.4, -0.2) is 21.4 Å². The second kappa shape index (κ2) is 9.55. The maximum absolute atomic E-state index is 6.73. The summed E-state index contributed by atoms with van der Waals surface area (Å²) in [6.45, 7) is 7.26. The first-order valence-corrected chi connectivity index (χ1v) is 14.1. The van der Waals surface area contributed by atoms with Gasteiger partial charge < -0.3 is 10.1 Å². The molecule has 1 aromatic heterocycles. The van der Waals surface area contributed by atoms with E-state index in [1.165, 1.54) is 18.4 Å². The Kier molecular flexibility index (Phi) is 6.24. The number of anilines is 1. The molecule has 3 aromatic rings. The zero-order valence-corrected chi connectivity index (χ0v) is 22.1. The van der Waals surface area contributed by atoms with Crippen molar-refractivity contribution in [3.05, 3.63) is 71.8 Å². The van der Waals surface area contributed by atoms with E-state index < -0.39 is 0 Å². The second-order valence-corrected chi connectivity index (χ2v) is 12.1. The monoisotopic (exact) mass is 498 g/mol. The van der Waals surface area contributed by atoms with Crippen LogP contribution in [0.1, 0.15) is 52.0 Å². The van der Waals surface area contributed by atoms with E-state index in [1.54, 1.807) is 17.3 Å². The average Bonchev–Trinajstić information content (AvgIpc) is 3.04. The van der Waals surface area contributed by atoms with Crippen LogP contribution < -0.4 is 10.1 Å². The van der Waals surface area contributed by atoms with E-state index in [2.05, 4.69) is 84.8 Å². The van der Waals surface area contributed by atoms with Gasteiger partial charge in [-0.1, -0.05) is 92.7 Å². The summed E-state index contributed by atoms with van der Waals surface area (Å²) in [5.74, 6) is 2.88. The van der Waals surface area contributed by atoms with Crippen molar-refractivity contribution < 1.29 is 4.74 Å². The molecule has 0 bridgehead atoms. The number of benzene rings is 2. The molecular weight excluding hydrogens is 464 g/mol. The van der Waals surface area contributed by atoms with Gasteiger partial charge in [0, 0.05) is 22.9 Å². The van der Waals surface area contributed by atoms with Crippen molar-refractivity contribution in [1.82, 2.24) is 15.2 Å². The molecule has 1 aliphatic heterocycles. The highest BCUT2D eigenvalue weighted by atomic mass is 32.2. The number of allylic oxidation sites excluding steroid dienone is 2. The third kappa shape index (κ3) is 4.52. The predicted molar refractivity (Wildman–Crippen MR) is 146 cm³/mol. The highest BCUT2D eigenvalue weighted by Gasteiger charge is 2.44. The molecule has 36 heavy (non-hydrogen) atoms. The molecule has 0 amide bonds. The predicted octanol–water partition coefficient (Wildman–Crippen LogP) is 7.37. The number of thioether (sulfide) groups is 1. The molecule has 186 valence electrons. The number of nitrogens with zero attached hydrogens (tertiary/aromatic N) is 3. The molecule has 2 heterocycles. The van der Waals surface area contributed by atoms with Gasteiger partial charge >= 0.3 is 0 Å². The van der Waals surface area contributed by atoms with Crippen LogP contribution in [0.2, 0.25) is 0 Å². The average molecular weight is 499 g/mol. The number of ether oxygens (including phenoxy) is 1. The van der Waals surface area contributed by atoms with Crippen molar-refractivity contribution in [2.24, 2.45) is 23.2 Å². The highest BCUT2D eigenvalue weighted by molar-refractivity contribution is 7.98. The van der Waals surface area contributed by atoms with Crippen LogP contribution in [0.25, 0.3) is 11.3 Å². The van der Waals surface area contributed by atoms with E-state index in [9.17, 15) is 0 Å². The van der Waals surface area contributed by atoms with Gasteiger partial charge in [-0.3, -0.25) is 0 Å². The van der Waals surface area contributed by atoms with Gasteiger partial charge in [-0.25, -0.2) is 0 Å². The van der Waals surface area contributed by atoms with E-state index in [0.29, 0.717) is 39.9 Å². The molecule has 1 saturated carbocycles. The lowest BCUT2D eigenvalue weighted by Crippen LogP contribution is -2.45.